The molecule has 5 heterocycles. The fourth-order valence-electron chi connectivity index (χ4n) is 5.13. The highest BCUT2D eigenvalue weighted by Gasteiger charge is 2.46. The van der Waals surface area contributed by atoms with Gasteiger partial charge in [0.15, 0.2) is 5.82 Å². The molecule has 0 atom stereocenters. The Morgan fingerprint density at radius 2 is 1.92 bits per heavy atom. The number of aromatic nitrogens is 5. The Hall–Kier alpha value is -3.81. The number of carbonyl (C=O) groups is 1. The van der Waals surface area contributed by atoms with E-state index in [0.717, 1.165) is 18.2 Å². The van der Waals surface area contributed by atoms with Crippen molar-refractivity contribution in [3.8, 4) is 11.4 Å². The minimum Gasteiger partial charge on any atom is -0.364 e. The van der Waals surface area contributed by atoms with E-state index >= 15 is 0 Å². The van der Waals surface area contributed by atoms with Gasteiger partial charge in [0.1, 0.15) is 12.1 Å². The van der Waals surface area contributed by atoms with Gasteiger partial charge in [0.25, 0.3) is 5.56 Å². The third-order valence-corrected chi connectivity index (χ3v) is 7.33. The number of ether oxygens (including phenoxy) is 1. The van der Waals surface area contributed by atoms with E-state index in [1.807, 2.05) is 0 Å². The topological polar surface area (TPSA) is 115 Å². The van der Waals surface area contributed by atoms with Gasteiger partial charge in [-0.15, -0.1) is 5.10 Å². The van der Waals surface area contributed by atoms with Crippen LogP contribution in [0.3, 0.4) is 0 Å². The van der Waals surface area contributed by atoms with E-state index in [-0.39, 0.29) is 41.0 Å². The highest BCUT2D eigenvalue weighted by Crippen LogP contribution is 2.41. The number of carbonyl (C=O) groups excluding carboxylic acids is 1. The molecule has 4 aromatic rings. The first-order valence-corrected chi connectivity index (χ1v) is 12.5. The molecule has 1 fully saturated rings. The van der Waals surface area contributed by atoms with Crippen LogP contribution >= 0.6 is 11.6 Å². The summed E-state index contributed by atoms with van der Waals surface area (Å²) in [6, 6.07) is 6.09. The summed E-state index contributed by atoms with van der Waals surface area (Å²) in [5, 5.41) is 10.0. The molecular weight excluding hydrogens is 539 g/mol. The Morgan fingerprint density at radius 3 is 2.62 bits per heavy atom. The zero-order chi connectivity index (χ0) is 27.4. The van der Waals surface area contributed by atoms with E-state index in [4.69, 9.17) is 16.3 Å². The van der Waals surface area contributed by atoms with Crippen LogP contribution in [0.25, 0.3) is 17.2 Å². The molecular formula is C25H21ClF3N7O3. The number of hydrogen-bond acceptors (Lipinski definition) is 7. The molecule has 14 heteroatoms. The predicted octanol–water partition coefficient (Wildman–Crippen LogP) is 3.37. The number of piperidine rings is 1. The quantitative estimate of drug-likeness (QED) is 0.394. The number of hydrogen-bond donors (Lipinski definition) is 2. The fraction of sp³-hybridized carbons (Fsp3) is 0.320. The molecule has 1 amide bonds. The number of rotatable bonds is 4. The number of anilines is 1. The summed E-state index contributed by atoms with van der Waals surface area (Å²) >= 11 is 6.04. The van der Waals surface area contributed by atoms with E-state index in [9.17, 15) is 22.8 Å². The molecule has 39 heavy (non-hydrogen) atoms. The van der Waals surface area contributed by atoms with Crippen LogP contribution in [0.5, 0.6) is 0 Å². The lowest BCUT2D eigenvalue weighted by Crippen LogP contribution is -2.43. The summed E-state index contributed by atoms with van der Waals surface area (Å²) in [5.74, 6) is -0.170. The van der Waals surface area contributed by atoms with Crippen molar-refractivity contribution in [1.82, 2.24) is 29.5 Å². The van der Waals surface area contributed by atoms with Gasteiger partial charge in [-0.1, -0.05) is 11.6 Å². The number of nitrogens with zero attached hydrogens (tertiary/aromatic N) is 5. The average molecular weight is 560 g/mol. The van der Waals surface area contributed by atoms with Crippen LogP contribution in [-0.4, -0.2) is 43.1 Å². The maximum absolute atomic E-state index is 13.7. The van der Waals surface area contributed by atoms with Gasteiger partial charge < -0.3 is 19.9 Å². The first-order chi connectivity index (χ1) is 18.7. The highest BCUT2D eigenvalue weighted by molar-refractivity contribution is 6.33. The van der Waals surface area contributed by atoms with E-state index in [2.05, 4.69) is 25.7 Å². The molecule has 1 aromatic carbocycles. The third kappa shape index (κ3) is 4.45. The van der Waals surface area contributed by atoms with E-state index in [1.54, 1.807) is 29.1 Å². The summed E-state index contributed by atoms with van der Waals surface area (Å²) in [4.78, 5) is 35.5. The maximum atomic E-state index is 13.7. The van der Waals surface area contributed by atoms with Crippen LogP contribution in [0.1, 0.15) is 29.7 Å². The van der Waals surface area contributed by atoms with Gasteiger partial charge in [0.05, 0.1) is 34.1 Å². The molecule has 2 aliphatic heterocycles. The van der Waals surface area contributed by atoms with Gasteiger partial charge >= 0.3 is 6.18 Å². The number of fused-ring (bicyclic) bond motifs is 3. The van der Waals surface area contributed by atoms with Gasteiger partial charge in [0.2, 0.25) is 11.7 Å². The van der Waals surface area contributed by atoms with Gasteiger partial charge in [-0.3, -0.25) is 14.6 Å². The molecule has 0 bridgehead atoms. The minimum absolute atomic E-state index is 0.0217. The number of nitrogens with one attached hydrogen (secondary N) is 2. The third-order valence-electron chi connectivity index (χ3n) is 7.01. The highest BCUT2D eigenvalue weighted by atomic mass is 35.5. The SMILES string of the molecule is O=C(Cn1c2c(c(=O)n3nc(-c4ccncc4)nc13)C1(CCNCC1)OC2)Nc1ccc(C(F)(F)F)cc1Cl. The van der Waals surface area contributed by atoms with Crippen LogP contribution in [0.15, 0.2) is 47.5 Å². The van der Waals surface area contributed by atoms with Gasteiger partial charge in [0, 0.05) is 18.0 Å². The fourth-order valence-corrected chi connectivity index (χ4v) is 5.35. The Balaban J connectivity index is 1.43. The summed E-state index contributed by atoms with van der Waals surface area (Å²) in [7, 11) is 0. The average Bonchev–Trinajstić information content (AvgIpc) is 3.51. The van der Waals surface area contributed by atoms with Crippen molar-refractivity contribution in [2.24, 2.45) is 0 Å². The Bertz CT molecular complexity index is 1650. The lowest BCUT2D eigenvalue weighted by molar-refractivity contribution is -0.137. The number of pyridine rings is 1. The zero-order valence-electron chi connectivity index (χ0n) is 20.3. The molecule has 2 N–H and O–H groups in total. The van der Waals surface area contributed by atoms with Crippen LogP contribution in [0.4, 0.5) is 18.9 Å². The van der Waals surface area contributed by atoms with Gasteiger partial charge in [-0.2, -0.15) is 22.7 Å². The molecule has 10 nitrogen and oxygen atoms in total. The second kappa shape index (κ2) is 9.43. The van der Waals surface area contributed by atoms with Crippen molar-refractivity contribution in [1.29, 1.82) is 0 Å². The number of halogens is 4. The molecule has 1 spiro atoms. The molecule has 3 aromatic heterocycles. The Morgan fingerprint density at radius 1 is 1.18 bits per heavy atom. The first-order valence-electron chi connectivity index (χ1n) is 12.1. The Kier molecular flexibility index (Phi) is 6.16. The van der Waals surface area contributed by atoms with E-state index in [0.29, 0.717) is 42.8 Å². The smallest absolute Gasteiger partial charge is 0.364 e. The van der Waals surface area contributed by atoms with Crippen molar-refractivity contribution in [2.45, 2.75) is 37.8 Å². The Labute approximate surface area is 223 Å². The summed E-state index contributed by atoms with van der Waals surface area (Å²) in [5.41, 5.74) is -0.512. The molecule has 6 rings (SSSR count). The second-order valence-corrected chi connectivity index (χ2v) is 9.78. The molecule has 1 saturated heterocycles. The van der Waals surface area contributed by atoms with Crippen molar-refractivity contribution < 1.29 is 22.7 Å². The van der Waals surface area contributed by atoms with Crippen molar-refractivity contribution in [3.63, 3.8) is 0 Å². The normalized spacial score (nSPS) is 16.5. The number of benzene rings is 1. The number of alkyl halides is 3. The number of amides is 1. The van der Waals surface area contributed by atoms with Gasteiger partial charge in [-0.05, 0) is 56.3 Å². The summed E-state index contributed by atoms with van der Waals surface area (Å²) < 4.78 is 48.0. The maximum Gasteiger partial charge on any atom is 0.416 e. The summed E-state index contributed by atoms with van der Waals surface area (Å²) in [6.07, 6.45) is -0.280. The molecule has 0 unspecified atom stereocenters. The molecule has 2 aliphatic rings. The second-order valence-electron chi connectivity index (χ2n) is 9.37. The zero-order valence-corrected chi connectivity index (χ0v) is 21.0. The van der Waals surface area contributed by atoms with Crippen molar-refractivity contribution in [3.05, 3.63) is 74.9 Å². The lowest BCUT2D eigenvalue weighted by Gasteiger charge is -2.33. The molecule has 0 radical (unpaired) electrons. The minimum atomic E-state index is -4.57. The van der Waals surface area contributed by atoms with Crippen LogP contribution in [0, 0.1) is 0 Å². The van der Waals surface area contributed by atoms with Gasteiger partial charge in [-0.25, -0.2) is 0 Å². The largest absolute Gasteiger partial charge is 0.416 e. The lowest BCUT2D eigenvalue weighted by atomic mass is 9.86. The van der Waals surface area contributed by atoms with E-state index < -0.39 is 23.2 Å². The molecule has 202 valence electrons. The molecule has 0 saturated carbocycles. The van der Waals surface area contributed by atoms with Crippen LogP contribution in [-0.2, 0) is 34.5 Å². The van der Waals surface area contributed by atoms with Crippen LogP contribution in [0.2, 0.25) is 5.02 Å². The predicted molar refractivity (Wildman–Crippen MR) is 134 cm³/mol. The monoisotopic (exact) mass is 559 g/mol. The van der Waals surface area contributed by atoms with Crippen molar-refractivity contribution in [2.75, 3.05) is 18.4 Å². The summed E-state index contributed by atoms with van der Waals surface area (Å²) in [6.45, 7) is 1.09. The van der Waals surface area contributed by atoms with Crippen LogP contribution < -0.4 is 16.2 Å². The standard InChI is InChI=1S/C25H21ClF3N7O3/c26-16-11-15(25(27,28)29)1-2-17(16)32-19(37)12-35-18-13-39-24(5-9-31-10-6-24)20(18)22(38)36-23(35)33-21(34-36)14-3-7-30-8-4-14/h1-4,7-8,11,31H,5-6,9-10,12-13H2,(H,32,37). The van der Waals surface area contributed by atoms with E-state index in [1.165, 1.54) is 4.52 Å². The molecule has 0 aliphatic carbocycles. The first kappa shape index (κ1) is 25.5. The van der Waals surface area contributed by atoms with Crippen molar-refractivity contribution >= 4 is 29.0 Å².